The smallest absolute Gasteiger partial charge is 0.259 e. The summed E-state index contributed by atoms with van der Waals surface area (Å²) in [6.07, 6.45) is 0. The number of aliphatic hydroxyl groups excluding tert-OH is 1. The van der Waals surface area contributed by atoms with Crippen LogP contribution in [0.1, 0.15) is 21.5 Å². The van der Waals surface area contributed by atoms with Gasteiger partial charge in [-0.25, -0.2) is 0 Å². The number of hydrogen-bond donors (Lipinski definition) is 2. The number of nitrogens with one attached hydrogen (secondary N) is 1. The zero-order valence-corrected chi connectivity index (χ0v) is 11.5. The van der Waals surface area contributed by atoms with E-state index in [4.69, 9.17) is 9.84 Å². The van der Waals surface area contributed by atoms with Crippen molar-refractivity contribution in [3.8, 4) is 5.75 Å². The van der Waals surface area contributed by atoms with Gasteiger partial charge < -0.3 is 15.2 Å². The first kappa shape index (κ1) is 14.1. The van der Waals surface area contributed by atoms with Crippen LogP contribution in [0.15, 0.2) is 42.5 Å². The van der Waals surface area contributed by atoms with Crippen molar-refractivity contribution in [1.29, 1.82) is 0 Å². The maximum Gasteiger partial charge on any atom is 0.259 e. The van der Waals surface area contributed by atoms with Crippen molar-refractivity contribution in [2.75, 3.05) is 12.4 Å². The number of aryl methyl sites for hydroxylation is 1. The average Bonchev–Trinajstić information content (AvgIpc) is 2.48. The van der Waals surface area contributed by atoms with Gasteiger partial charge in [0.05, 0.1) is 19.3 Å². The van der Waals surface area contributed by atoms with Crippen LogP contribution >= 0.6 is 0 Å². The van der Waals surface area contributed by atoms with Gasteiger partial charge in [-0.1, -0.05) is 23.8 Å². The van der Waals surface area contributed by atoms with Crippen molar-refractivity contribution in [1.82, 2.24) is 0 Å². The van der Waals surface area contributed by atoms with Crippen LogP contribution in [0.25, 0.3) is 0 Å². The van der Waals surface area contributed by atoms with Gasteiger partial charge in [0.25, 0.3) is 5.91 Å². The van der Waals surface area contributed by atoms with Gasteiger partial charge in [0.2, 0.25) is 0 Å². The average molecular weight is 271 g/mol. The fourth-order valence-corrected chi connectivity index (χ4v) is 1.89. The minimum Gasteiger partial charge on any atom is -0.496 e. The molecule has 0 spiro atoms. The van der Waals surface area contributed by atoms with Crippen molar-refractivity contribution in [2.24, 2.45) is 0 Å². The molecule has 0 radical (unpaired) electrons. The lowest BCUT2D eigenvalue weighted by molar-refractivity contribution is 0.102. The Morgan fingerprint density at radius 3 is 2.50 bits per heavy atom. The molecule has 2 N–H and O–H groups in total. The Hall–Kier alpha value is -2.33. The lowest BCUT2D eigenvalue weighted by Gasteiger charge is -2.10. The number of aliphatic hydroxyl groups is 1. The Labute approximate surface area is 118 Å². The second-order valence-corrected chi connectivity index (χ2v) is 4.51. The number of hydrogen-bond acceptors (Lipinski definition) is 3. The summed E-state index contributed by atoms with van der Waals surface area (Å²) in [7, 11) is 1.54. The van der Waals surface area contributed by atoms with Crippen LogP contribution < -0.4 is 10.1 Å². The van der Waals surface area contributed by atoms with Gasteiger partial charge in [-0.2, -0.15) is 0 Å². The molecular formula is C16H17NO3. The molecule has 0 aliphatic carbocycles. The van der Waals surface area contributed by atoms with E-state index in [-0.39, 0.29) is 12.5 Å². The van der Waals surface area contributed by atoms with Crippen molar-refractivity contribution >= 4 is 11.6 Å². The van der Waals surface area contributed by atoms with Crippen LogP contribution in [0.4, 0.5) is 5.69 Å². The molecule has 0 heterocycles. The molecule has 20 heavy (non-hydrogen) atoms. The first-order chi connectivity index (χ1) is 9.63. The lowest BCUT2D eigenvalue weighted by Crippen LogP contribution is -2.13. The van der Waals surface area contributed by atoms with Crippen LogP contribution in [0.3, 0.4) is 0 Å². The fraction of sp³-hybridized carbons (Fsp3) is 0.188. The first-order valence-corrected chi connectivity index (χ1v) is 6.30. The summed E-state index contributed by atoms with van der Waals surface area (Å²) >= 11 is 0. The Morgan fingerprint density at radius 1 is 1.20 bits per heavy atom. The molecule has 4 nitrogen and oxygen atoms in total. The molecule has 2 aromatic carbocycles. The predicted molar refractivity (Wildman–Crippen MR) is 78.0 cm³/mol. The molecule has 4 heteroatoms. The quantitative estimate of drug-likeness (QED) is 0.899. The largest absolute Gasteiger partial charge is 0.496 e. The molecule has 0 aliphatic rings. The van der Waals surface area contributed by atoms with E-state index in [1.54, 1.807) is 36.4 Å². The van der Waals surface area contributed by atoms with Crippen LogP contribution in [-0.4, -0.2) is 18.1 Å². The van der Waals surface area contributed by atoms with Crippen LogP contribution in [0.5, 0.6) is 5.75 Å². The maximum atomic E-state index is 12.3. The number of methoxy groups -OCH3 is 1. The number of anilines is 1. The van der Waals surface area contributed by atoms with Gasteiger partial charge in [0.15, 0.2) is 0 Å². The second-order valence-electron chi connectivity index (χ2n) is 4.51. The van der Waals surface area contributed by atoms with Gasteiger partial charge in [-0.3, -0.25) is 4.79 Å². The second kappa shape index (κ2) is 6.21. The number of amides is 1. The maximum absolute atomic E-state index is 12.3. The molecule has 0 saturated carbocycles. The van der Waals surface area contributed by atoms with E-state index in [0.717, 1.165) is 11.1 Å². The normalized spacial score (nSPS) is 10.2. The zero-order chi connectivity index (χ0) is 14.5. The van der Waals surface area contributed by atoms with Gasteiger partial charge in [-0.15, -0.1) is 0 Å². The Morgan fingerprint density at radius 2 is 1.90 bits per heavy atom. The van der Waals surface area contributed by atoms with Gasteiger partial charge in [-0.05, 0) is 36.8 Å². The Bertz CT molecular complexity index is 606. The van der Waals surface area contributed by atoms with Gasteiger partial charge >= 0.3 is 0 Å². The number of ether oxygens (including phenoxy) is 1. The highest BCUT2D eigenvalue weighted by molar-refractivity contribution is 6.06. The molecule has 0 fully saturated rings. The Kier molecular flexibility index (Phi) is 4.38. The topological polar surface area (TPSA) is 58.6 Å². The fourth-order valence-electron chi connectivity index (χ4n) is 1.89. The number of rotatable bonds is 4. The molecule has 104 valence electrons. The van der Waals surface area contributed by atoms with E-state index >= 15 is 0 Å². The van der Waals surface area contributed by atoms with Gasteiger partial charge in [0.1, 0.15) is 5.75 Å². The Balaban J connectivity index is 2.20. The van der Waals surface area contributed by atoms with Crippen molar-refractivity contribution in [3.05, 3.63) is 59.2 Å². The number of carbonyl (C=O) groups excluding carboxylic acids is 1. The summed E-state index contributed by atoms with van der Waals surface area (Å²) in [5.41, 5.74) is 2.97. The molecular weight excluding hydrogens is 254 g/mol. The lowest BCUT2D eigenvalue weighted by atomic mass is 10.1. The van der Waals surface area contributed by atoms with E-state index in [1.807, 2.05) is 13.0 Å². The van der Waals surface area contributed by atoms with E-state index in [2.05, 4.69) is 5.32 Å². The number of benzene rings is 2. The predicted octanol–water partition coefficient (Wildman–Crippen LogP) is 2.75. The van der Waals surface area contributed by atoms with Crippen molar-refractivity contribution in [2.45, 2.75) is 13.5 Å². The molecule has 0 aromatic heterocycles. The molecule has 0 bridgehead atoms. The minimum atomic E-state index is -0.220. The summed E-state index contributed by atoms with van der Waals surface area (Å²) in [4.78, 5) is 12.3. The first-order valence-electron chi connectivity index (χ1n) is 6.30. The molecule has 0 atom stereocenters. The van der Waals surface area contributed by atoms with Gasteiger partial charge in [0, 0.05) is 5.69 Å². The summed E-state index contributed by atoms with van der Waals surface area (Å²) in [6, 6.07) is 12.5. The summed E-state index contributed by atoms with van der Waals surface area (Å²) in [5, 5.41) is 11.8. The SMILES string of the molecule is COc1ccc(C)cc1C(=O)Nc1ccc(CO)cc1. The van der Waals surface area contributed by atoms with E-state index in [0.29, 0.717) is 17.0 Å². The highest BCUT2D eigenvalue weighted by Crippen LogP contribution is 2.21. The third-order valence-electron chi connectivity index (χ3n) is 2.99. The van der Waals surface area contributed by atoms with E-state index in [9.17, 15) is 4.79 Å². The molecule has 0 unspecified atom stereocenters. The molecule has 0 saturated heterocycles. The molecule has 2 aromatic rings. The third kappa shape index (κ3) is 3.16. The highest BCUT2D eigenvalue weighted by Gasteiger charge is 2.12. The number of carbonyl (C=O) groups is 1. The van der Waals surface area contributed by atoms with Crippen LogP contribution in [0, 0.1) is 6.92 Å². The summed E-state index contributed by atoms with van der Waals surface area (Å²) in [6.45, 7) is 1.91. The highest BCUT2D eigenvalue weighted by atomic mass is 16.5. The molecule has 0 aliphatic heterocycles. The summed E-state index contributed by atoms with van der Waals surface area (Å²) < 4.78 is 5.20. The monoisotopic (exact) mass is 271 g/mol. The van der Waals surface area contributed by atoms with E-state index in [1.165, 1.54) is 7.11 Å². The molecule has 1 amide bonds. The standard InChI is InChI=1S/C16H17NO3/c1-11-3-8-15(20-2)14(9-11)16(19)17-13-6-4-12(10-18)5-7-13/h3-9,18H,10H2,1-2H3,(H,17,19). The third-order valence-corrected chi connectivity index (χ3v) is 2.99. The summed E-state index contributed by atoms with van der Waals surface area (Å²) in [5.74, 6) is 0.322. The van der Waals surface area contributed by atoms with Crippen LogP contribution in [-0.2, 0) is 6.61 Å². The van der Waals surface area contributed by atoms with Crippen molar-refractivity contribution < 1.29 is 14.6 Å². The minimum absolute atomic E-state index is 0.0140. The zero-order valence-electron chi connectivity index (χ0n) is 11.5. The van der Waals surface area contributed by atoms with Crippen molar-refractivity contribution in [3.63, 3.8) is 0 Å². The van der Waals surface area contributed by atoms with Crippen LogP contribution in [0.2, 0.25) is 0 Å². The van der Waals surface area contributed by atoms with E-state index < -0.39 is 0 Å². The molecule has 2 rings (SSSR count).